The van der Waals surface area contributed by atoms with Gasteiger partial charge in [0.1, 0.15) is 21.5 Å². The second-order valence-electron chi connectivity index (χ2n) is 9.26. The fourth-order valence-electron chi connectivity index (χ4n) is 4.56. The van der Waals surface area contributed by atoms with Crippen LogP contribution < -0.4 is 9.80 Å². The smallest absolute Gasteiger partial charge is 0.145 e. The lowest BCUT2D eigenvalue weighted by Crippen LogP contribution is -2.36. The summed E-state index contributed by atoms with van der Waals surface area (Å²) in [6, 6.07) is 29.2. The molecule has 0 bridgehead atoms. The average molecular weight is 499 g/mol. The van der Waals surface area contributed by atoms with Gasteiger partial charge in [0.05, 0.1) is 24.6 Å². The van der Waals surface area contributed by atoms with E-state index in [1.165, 1.54) is 45.4 Å². The Labute approximate surface area is 213 Å². The zero-order chi connectivity index (χ0) is 25.9. The molecule has 5 rings (SSSR count). The highest BCUT2D eigenvalue weighted by Gasteiger charge is 2.37. The number of para-hydroxylation sites is 1. The van der Waals surface area contributed by atoms with Gasteiger partial charge >= 0.3 is 0 Å². The number of hydrogen-bond donors (Lipinski definition) is 1. The Morgan fingerprint density at radius 3 is 2.11 bits per heavy atom. The molecule has 0 aromatic heterocycles. The van der Waals surface area contributed by atoms with Gasteiger partial charge in [0.15, 0.2) is 0 Å². The molecule has 6 heteroatoms. The van der Waals surface area contributed by atoms with E-state index in [9.17, 15) is 13.0 Å². The van der Waals surface area contributed by atoms with E-state index in [1.807, 2.05) is 31.3 Å². The van der Waals surface area contributed by atoms with Crippen molar-refractivity contribution in [2.24, 2.45) is 0 Å². The molecule has 1 aliphatic heterocycles. The maximum absolute atomic E-state index is 10.4. The third kappa shape index (κ3) is 5.26. The number of nitrogens with one attached hydrogen (secondary N) is 1. The monoisotopic (exact) mass is 498 g/mol. The van der Waals surface area contributed by atoms with Crippen LogP contribution in [0, 0.1) is 6.92 Å². The molecule has 0 atom stereocenters. The van der Waals surface area contributed by atoms with Crippen LogP contribution in [-0.4, -0.2) is 27.1 Å². The molecule has 1 aliphatic rings. The van der Waals surface area contributed by atoms with E-state index in [1.54, 1.807) is 12.1 Å². The molecule has 184 valence electrons. The van der Waals surface area contributed by atoms with Gasteiger partial charge in [-0.25, -0.2) is 8.42 Å². The van der Waals surface area contributed by atoms with Crippen molar-refractivity contribution in [2.45, 2.75) is 18.7 Å². The van der Waals surface area contributed by atoms with E-state index in [4.69, 9.17) is 0 Å². The minimum atomic E-state index is -4.27. The molecule has 0 saturated carbocycles. The number of quaternary nitrogens is 1. The lowest BCUT2D eigenvalue weighted by Gasteiger charge is -2.26. The quantitative estimate of drug-likeness (QED) is 0.252. The maximum atomic E-state index is 10.4. The molecule has 1 N–H and O–H groups in total. The van der Waals surface area contributed by atoms with Crippen LogP contribution in [-0.2, 0) is 10.1 Å². The topological polar surface area (TPSA) is 69.2 Å². The van der Waals surface area contributed by atoms with Crippen LogP contribution in [0.25, 0.3) is 16.3 Å². The lowest BCUT2D eigenvalue weighted by molar-refractivity contribution is 0.463. The molecule has 36 heavy (non-hydrogen) atoms. The normalized spacial score (nSPS) is 14.5. The molecule has 0 unspecified atom stereocenters. The van der Waals surface area contributed by atoms with Crippen LogP contribution in [0.4, 0.5) is 11.4 Å². The number of aryl methyl sites for hydroxylation is 1. The fraction of sp³-hybridized carbons (Fsp3) is 0.133. The molecule has 4 aromatic rings. The number of likely N-dealkylation sites (N-methyl/N-ethyl adjacent to an activating group) is 1. The van der Waals surface area contributed by atoms with Gasteiger partial charge in [0.2, 0.25) is 0 Å². The van der Waals surface area contributed by atoms with Crippen LogP contribution in [0.2, 0.25) is 0 Å². The Hall–Kier alpha value is -3.71. The summed E-state index contributed by atoms with van der Waals surface area (Å²) in [5.41, 5.74) is 7.43. The summed E-state index contributed by atoms with van der Waals surface area (Å²) in [7, 11) is 0.243. The summed E-state index contributed by atoms with van der Waals surface area (Å²) in [6.45, 7) is 4.06. The Balaban J connectivity index is 0.000000233. The second-order valence-corrected chi connectivity index (χ2v) is 10.6. The molecular weight excluding hydrogens is 468 g/mol. The molecule has 4 aromatic carbocycles. The number of anilines is 1. The van der Waals surface area contributed by atoms with E-state index >= 15 is 0 Å². The first-order chi connectivity index (χ1) is 17.1. The highest BCUT2D eigenvalue weighted by molar-refractivity contribution is 7.85. The Bertz CT molecular complexity index is 1550. The van der Waals surface area contributed by atoms with Crippen molar-refractivity contribution in [3.05, 3.63) is 120 Å². The second kappa shape index (κ2) is 10.1. The molecule has 0 fully saturated rings. The van der Waals surface area contributed by atoms with Crippen molar-refractivity contribution < 1.29 is 13.0 Å². The van der Waals surface area contributed by atoms with E-state index in [0.29, 0.717) is 0 Å². The Morgan fingerprint density at radius 1 is 0.806 bits per heavy atom. The number of nitrogens with zero attached hydrogens (tertiary/aromatic N) is 1. The van der Waals surface area contributed by atoms with Gasteiger partial charge in [0, 0.05) is 29.6 Å². The molecule has 1 heterocycles. The minimum Gasteiger partial charge on any atom is -0.744 e. The van der Waals surface area contributed by atoms with Crippen LogP contribution in [0.5, 0.6) is 0 Å². The molecule has 0 saturated heterocycles. The standard InChI is InChI=1S/C23H23N2.C7H8O3S/c1-17-21(15-16-24-19-10-5-4-6-11-19)25(2,3)22-14-13-18-9-7-8-12-20(18)23(17)22;1-6-2-4-7(5-3-6)11(8,9)10/h4-16,24H,1-3H3;2-5H,1H3,(H,8,9,10)/q+1;/p-1/b16-15+;. The number of benzene rings is 4. The summed E-state index contributed by atoms with van der Waals surface area (Å²) in [5.74, 6) is 0. The van der Waals surface area contributed by atoms with E-state index in [2.05, 4.69) is 80.9 Å². The van der Waals surface area contributed by atoms with Gasteiger partial charge in [-0.05, 0) is 55.0 Å². The zero-order valence-corrected chi connectivity index (χ0v) is 21.7. The summed E-state index contributed by atoms with van der Waals surface area (Å²) < 4.78 is 31.9. The highest BCUT2D eigenvalue weighted by Crippen LogP contribution is 2.46. The van der Waals surface area contributed by atoms with Gasteiger partial charge in [-0.2, -0.15) is 0 Å². The highest BCUT2D eigenvalue weighted by atomic mass is 32.2. The summed E-state index contributed by atoms with van der Waals surface area (Å²) in [5, 5.41) is 6.00. The number of allylic oxidation sites excluding steroid dienone is 2. The van der Waals surface area contributed by atoms with Crippen molar-refractivity contribution in [1.29, 1.82) is 0 Å². The first kappa shape index (κ1) is 25.4. The third-order valence-corrected chi connectivity index (χ3v) is 7.29. The SMILES string of the molecule is CC1=C(/C=C/Nc2ccccc2)[N+](C)(C)c2ccc3ccccc3c21.Cc1ccc(S(=O)(=O)[O-])cc1. The molecule has 5 nitrogen and oxygen atoms in total. The van der Waals surface area contributed by atoms with Crippen molar-refractivity contribution in [3.63, 3.8) is 0 Å². The Kier molecular flexibility index (Phi) is 7.13. The van der Waals surface area contributed by atoms with Crippen molar-refractivity contribution in [1.82, 2.24) is 4.48 Å². The molecule has 0 spiro atoms. The predicted molar refractivity (Wildman–Crippen MR) is 149 cm³/mol. The zero-order valence-electron chi connectivity index (χ0n) is 20.9. The molecule has 0 aliphatic carbocycles. The Morgan fingerprint density at radius 2 is 1.44 bits per heavy atom. The van der Waals surface area contributed by atoms with Crippen LogP contribution in [0.3, 0.4) is 0 Å². The fourth-order valence-corrected chi connectivity index (χ4v) is 5.03. The molecule has 0 radical (unpaired) electrons. The summed E-state index contributed by atoms with van der Waals surface area (Å²) >= 11 is 0. The first-order valence-electron chi connectivity index (χ1n) is 11.7. The average Bonchev–Trinajstić information content (AvgIpc) is 3.05. The van der Waals surface area contributed by atoms with Gasteiger partial charge in [-0.1, -0.05) is 60.2 Å². The van der Waals surface area contributed by atoms with Gasteiger partial charge in [-0.3, -0.25) is 4.48 Å². The predicted octanol–water partition coefficient (Wildman–Crippen LogP) is 6.68. The largest absolute Gasteiger partial charge is 0.744 e. The lowest BCUT2D eigenvalue weighted by atomic mass is 9.99. The summed E-state index contributed by atoms with van der Waals surface area (Å²) in [6.07, 6.45) is 4.25. The van der Waals surface area contributed by atoms with Crippen LogP contribution in [0.1, 0.15) is 18.1 Å². The van der Waals surface area contributed by atoms with E-state index in [-0.39, 0.29) is 4.90 Å². The number of hydrogen-bond acceptors (Lipinski definition) is 4. The van der Waals surface area contributed by atoms with Gasteiger partial charge < -0.3 is 9.87 Å². The third-order valence-electron chi connectivity index (χ3n) is 6.45. The van der Waals surface area contributed by atoms with E-state index < -0.39 is 10.1 Å². The van der Waals surface area contributed by atoms with Crippen molar-refractivity contribution in [2.75, 3.05) is 19.4 Å². The van der Waals surface area contributed by atoms with Crippen LogP contribution in [0.15, 0.2) is 114 Å². The van der Waals surface area contributed by atoms with Crippen LogP contribution >= 0.6 is 0 Å². The van der Waals surface area contributed by atoms with Crippen molar-refractivity contribution in [3.8, 4) is 0 Å². The van der Waals surface area contributed by atoms with Gasteiger partial charge in [-0.15, -0.1) is 0 Å². The minimum absolute atomic E-state index is 0.178. The maximum Gasteiger partial charge on any atom is 0.145 e. The number of fused-ring (bicyclic) bond motifs is 3. The molecule has 0 amide bonds. The summed E-state index contributed by atoms with van der Waals surface area (Å²) in [4.78, 5) is -0.178. The van der Waals surface area contributed by atoms with E-state index in [0.717, 1.165) is 15.7 Å². The van der Waals surface area contributed by atoms with Crippen molar-refractivity contribution >= 4 is 37.8 Å². The first-order valence-corrected chi connectivity index (χ1v) is 13.1. The number of rotatable bonds is 4. The molecular formula is C30H30N2O3S. The van der Waals surface area contributed by atoms with Gasteiger partial charge in [0.25, 0.3) is 0 Å².